The second-order valence-corrected chi connectivity index (χ2v) is 4.06. The van der Waals surface area contributed by atoms with Gasteiger partial charge in [-0.25, -0.2) is 14.8 Å². The van der Waals surface area contributed by atoms with Crippen molar-refractivity contribution in [1.29, 1.82) is 0 Å². The van der Waals surface area contributed by atoms with Gasteiger partial charge in [0.2, 0.25) is 5.95 Å². The lowest BCUT2D eigenvalue weighted by molar-refractivity contribution is -0.385. The molecule has 0 saturated heterocycles. The number of aromatic nitrogens is 2. The molecule has 1 N–H and O–H groups in total. The van der Waals surface area contributed by atoms with E-state index in [1.165, 1.54) is 7.11 Å². The molecule has 0 aliphatic heterocycles. The van der Waals surface area contributed by atoms with Crippen LogP contribution < -0.4 is 5.32 Å². The molecule has 2 rings (SSSR count). The summed E-state index contributed by atoms with van der Waals surface area (Å²) in [4.78, 5) is 28.9. The molecule has 0 saturated carbocycles. The summed E-state index contributed by atoms with van der Waals surface area (Å²) in [5.41, 5.74) is 1.21. The zero-order valence-electron chi connectivity index (χ0n) is 11.1. The van der Waals surface area contributed by atoms with Gasteiger partial charge in [0.25, 0.3) is 0 Å². The summed E-state index contributed by atoms with van der Waals surface area (Å²) in [5, 5.41) is 13.4. The fourth-order valence-electron chi connectivity index (χ4n) is 1.56. The number of esters is 1. The molecule has 0 amide bonds. The van der Waals surface area contributed by atoms with E-state index in [0.717, 1.165) is 18.0 Å². The number of hydrogen-bond acceptors (Lipinski definition) is 7. The predicted molar refractivity (Wildman–Crippen MR) is 73.8 cm³/mol. The maximum absolute atomic E-state index is 11.3. The van der Waals surface area contributed by atoms with Crippen molar-refractivity contribution < 1.29 is 14.5 Å². The molecule has 108 valence electrons. The predicted octanol–water partition coefficient (Wildman–Crippen LogP) is 1.78. The number of anilines is 1. The second-order valence-electron chi connectivity index (χ2n) is 4.06. The number of methoxy groups -OCH3 is 1. The number of nitro groups is 1. The van der Waals surface area contributed by atoms with Crippen molar-refractivity contribution in [2.45, 2.75) is 6.54 Å². The van der Waals surface area contributed by atoms with Gasteiger partial charge in [-0.2, -0.15) is 0 Å². The molecule has 0 fully saturated rings. The van der Waals surface area contributed by atoms with Crippen molar-refractivity contribution in [3.63, 3.8) is 0 Å². The van der Waals surface area contributed by atoms with Crippen LogP contribution in [-0.4, -0.2) is 28.0 Å². The first-order valence-electron chi connectivity index (χ1n) is 5.97. The van der Waals surface area contributed by atoms with Crippen LogP contribution in [0, 0.1) is 10.1 Å². The molecule has 8 nitrogen and oxygen atoms in total. The van der Waals surface area contributed by atoms with Gasteiger partial charge in [-0.15, -0.1) is 0 Å². The van der Waals surface area contributed by atoms with Gasteiger partial charge in [0.1, 0.15) is 12.4 Å². The molecule has 1 aromatic heterocycles. The number of nitrogens with one attached hydrogen (secondary N) is 1. The number of ether oxygens (including phenoxy) is 1. The van der Waals surface area contributed by atoms with Gasteiger partial charge >= 0.3 is 11.7 Å². The van der Waals surface area contributed by atoms with Gasteiger partial charge in [0.15, 0.2) is 0 Å². The first-order chi connectivity index (χ1) is 10.1. The van der Waals surface area contributed by atoms with Crippen molar-refractivity contribution in [2.24, 2.45) is 0 Å². The van der Waals surface area contributed by atoms with Crippen LogP contribution in [0.2, 0.25) is 0 Å². The fourth-order valence-corrected chi connectivity index (χ4v) is 1.56. The summed E-state index contributed by atoms with van der Waals surface area (Å²) >= 11 is 0. The highest BCUT2D eigenvalue weighted by Gasteiger charge is 2.07. The smallest absolute Gasteiger partial charge is 0.337 e. The van der Waals surface area contributed by atoms with Gasteiger partial charge in [-0.05, 0) is 17.7 Å². The Morgan fingerprint density at radius 3 is 2.43 bits per heavy atom. The maximum Gasteiger partial charge on any atom is 0.337 e. The quantitative estimate of drug-likeness (QED) is 0.507. The number of rotatable bonds is 5. The van der Waals surface area contributed by atoms with Crippen LogP contribution in [0.15, 0.2) is 36.7 Å². The minimum atomic E-state index is -0.560. The summed E-state index contributed by atoms with van der Waals surface area (Å²) in [6, 6.07) is 6.84. The molecule has 0 aliphatic carbocycles. The van der Waals surface area contributed by atoms with E-state index >= 15 is 0 Å². The Kier molecular flexibility index (Phi) is 4.39. The lowest BCUT2D eigenvalue weighted by atomic mass is 10.1. The van der Waals surface area contributed by atoms with E-state index in [1.54, 1.807) is 24.3 Å². The van der Waals surface area contributed by atoms with E-state index in [1.807, 2.05) is 0 Å². The number of hydrogen-bond donors (Lipinski definition) is 1. The average molecular weight is 288 g/mol. The van der Waals surface area contributed by atoms with Crippen LogP contribution in [0.5, 0.6) is 0 Å². The molecule has 0 aliphatic rings. The lowest BCUT2D eigenvalue weighted by Gasteiger charge is -2.05. The largest absolute Gasteiger partial charge is 0.465 e. The van der Waals surface area contributed by atoms with Gasteiger partial charge in [0.05, 0.1) is 17.6 Å². The van der Waals surface area contributed by atoms with E-state index in [9.17, 15) is 14.9 Å². The number of carbonyl (C=O) groups excluding carboxylic acids is 1. The number of benzene rings is 1. The third-order valence-electron chi connectivity index (χ3n) is 2.67. The van der Waals surface area contributed by atoms with E-state index in [0.29, 0.717) is 12.1 Å². The van der Waals surface area contributed by atoms with Crippen LogP contribution in [0.25, 0.3) is 0 Å². The van der Waals surface area contributed by atoms with Crippen molar-refractivity contribution in [1.82, 2.24) is 9.97 Å². The summed E-state index contributed by atoms with van der Waals surface area (Å²) in [5.74, 6) is -0.106. The molecular formula is C13H12N4O4. The van der Waals surface area contributed by atoms with Crippen molar-refractivity contribution in [3.8, 4) is 0 Å². The standard InChI is InChI=1S/C13H12N4O4/c1-21-12(18)10-4-2-9(3-5-10)6-14-13-15-7-11(8-16-13)17(19)20/h2-5,7-8H,6H2,1H3,(H,14,15,16). The van der Waals surface area contributed by atoms with E-state index in [-0.39, 0.29) is 11.6 Å². The summed E-state index contributed by atoms with van der Waals surface area (Å²) < 4.78 is 4.61. The van der Waals surface area contributed by atoms with Crippen LogP contribution in [-0.2, 0) is 11.3 Å². The van der Waals surface area contributed by atoms with Crippen molar-refractivity contribution in [2.75, 3.05) is 12.4 Å². The molecule has 1 heterocycles. The Hall–Kier alpha value is -3.03. The van der Waals surface area contributed by atoms with Crippen molar-refractivity contribution in [3.05, 3.63) is 57.9 Å². The Bertz CT molecular complexity index is 640. The number of carbonyl (C=O) groups is 1. The Morgan fingerprint density at radius 2 is 1.90 bits per heavy atom. The fraction of sp³-hybridized carbons (Fsp3) is 0.154. The Labute approximate surface area is 120 Å². The molecule has 0 spiro atoms. The minimum absolute atomic E-state index is 0.164. The zero-order chi connectivity index (χ0) is 15.2. The Balaban J connectivity index is 1.96. The normalized spacial score (nSPS) is 9.95. The SMILES string of the molecule is COC(=O)c1ccc(CNc2ncc([N+](=O)[O-])cn2)cc1. The topological polar surface area (TPSA) is 107 Å². The molecular weight excluding hydrogens is 276 g/mol. The Morgan fingerprint density at radius 1 is 1.29 bits per heavy atom. The van der Waals surface area contributed by atoms with Crippen LogP contribution >= 0.6 is 0 Å². The van der Waals surface area contributed by atoms with Crippen LogP contribution in [0.1, 0.15) is 15.9 Å². The summed E-state index contributed by atoms with van der Waals surface area (Å²) in [6.45, 7) is 0.430. The third kappa shape index (κ3) is 3.72. The van der Waals surface area contributed by atoms with Crippen LogP contribution in [0.3, 0.4) is 0 Å². The highest BCUT2D eigenvalue weighted by Crippen LogP contribution is 2.10. The second kappa shape index (κ2) is 6.42. The minimum Gasteiger partial charge on any atom is -0.465 e. The third-order valence-corrected chi connectivity index (χ3v) is 2.67. The van der Waals surface area contributed by atoms with Crippen molar-refractivity contribution >= 4 is 17.6 Å². The lowest BCUT2D eigenvalue weighted by Crippen LogP contribution is -2.05. The zero-order valence-corrected chi connectivity index (χ0v) is 11.1. The van der Waals surface area contributed by atoms with Crippen LogP contribution in [0.4, 0.5) is 11.6 Å². The van der Waals surface area contributed by atoms with E-state index in [2.05, 4.69) is 20.0 Å². The maximum atomic E-state index is 11.3. The molecule has 0 bridgehead atoms. The average Bonchev–Trinajstić information content (AvgIpc) is 2.53. The number of nitrogens with zero attached hydrogens (tertiary/aromatic N) is 3. The van der Waals surface area contributed by atoms with Gasteiger partial charge in [0, 0.05) is 6.54 Å². The monoisotopic (exact) mass is 288 g/mol. The van der Waals surface area contributed by atoms with E-state index in [4.69, 9.17) is 0 Å². The first kappa shape index (κ1) is 14.4. The van der Waals surface area contributed by atoms with E-state index < -0.39 is 10.9 Å². The summed E-state index contributed by atoms with van der Waals surface area (Å²) in [7, 11) is 1.32. The highest BCUT2D eigenvalue weighted by atomic mass is 16.6. The first-order valence-corrected chi connectivity index (χ1v) is 5.97. The van der Waals surface area contributed by atoms with Gasteiger partial charge < -0.3 is 10.1 Å². The molecule has 21 heavy (non-hydrogen) atoms. The summed E-state index contributed by atoms with van der Waals surface area (Å²) in [6.07, 6.45) is 2.27. The molecule has 1 aromatic carbocycles. The van der Waals surface area contributed by atoms with Gasteiger partial charge in [-0.3, -0.25) is 10.1 Å². The molecule has 0 atom stereocenters. The highest BCUT2D eigenvalue weighted by molar-refractivity contribution is 5.89. The molecule has 8 heteroatoms. The molecule has 0 radical (unpaired) electrons. The van der Waals surface area contributed by atoms with Gasteiger partial charge in [-0.1, -0.05) is 12.1 Å². The molecule has 2 aromatic rings. The molecule has 0 unspecified atom stereocenters.